The summed E-state index contributed by atoms with van der Waals surface area (Å²) in [5.41, 5.74) is 5.63. The SMILES string of the molecule is Nc1cc(NC(C2CC2)C2CC2)ncn1. The molecule has 2 aliphatic rings. The number of hydrogen-bond acceptors (Lipinski definition) is 4. The smallest absolute Gasteiger partial charge is 0.131 e. The first-order valence-electron chi connectivity index (χ1n) is 5.67. The van der Waals surface area contributed by atoms with Crippen molar-refractivity contribution in [1.29, 1.82) is 0 Å². The zero-order chi connectivity index (χ0) is 10.3. The normalized spacial score (nSPS) is 20.6. The van der Waals surface area contributed by atoms with E-state index in [1.807, 2.05) is 6.07 Å². The molecule has 2 fully saturated rings. The van der Waals surface area contributed by atoms with Crippen LogP contribution in [0.2, 0.25) is 0 Å². The molecule has 0 aliphatic heterocycles. The van der Waals surface area contributed by atoms with Gasteiger partial charge in [-0.15, -0.1) is 0 Å². The molecule has 2 aliphatic carbocycles. The maximum Gasteiger partial charge on any atom is 0.131 e. The van der Waals surface area contributed by atoms with Gasteiger partial charge in [0.15, 0.2) is 0 Å². The van der Waals surface area contributed by atoms with Crippen molar-refractivity contribution in [3.63, 3.8) is 0 Å². The van der Waals surface area contributed by atoms with Gasteiger partial charge in [-0.2, -0.15) is 0 Å². The van der Waals surface area contributed by atoms with Gasteiger partial charge in [0.2, 0.25) is 0 Å². The highest BCUT2D eigenvalue weighted by Crippen LogP contribution is 2.45. The number of nitrogen functional groups attached to an aromatic ring is 1. The van der Waals surface area contributed by atoms with Gasteiger partial charge in [0.25, 0.3) is 0 Å². The number of hydrogen-bond donors (Lipinski definition) is 2. The molecule has 0 aromatic carbocycles. The van der Waals surface area contributed by atoms with Gasteiger partial charge in [-0.3, -0.25) is 0 Å². The third-order valence-corrected chi connectivity index (χ3v) is 3.26. The lowest BCUT2D eigenvalue weighted by Crippen LogP contribution is -2.24. The van der Waals surface area contributed by atoms with Gasteiger partial charge in [-0.25, -0.2) is 9.97 Å². The van der Waals surface area contributed by atoms with Crippen LogP contribution in [0, 0.1) is 11.8 Å². The highest BCUT2D eigenvalue weighted by molar-refractivity contribution is 5.44. The van der Waals surface area contributed by atoms with Crippen molar-refractivity contribution in [2.75, 3.05) is 11.1 Å². The molecule has 0 spiro atoms. The van der Waals surface area contributed by atoms with Gasteiger partial charge >= 0.3 is 0 Å². The number of anilines is 2. The minimum Gasteiger partial charge on any atom is -0.384 e. The highest BCUT2D eigenvalue weighted by atomic mass is 15.1. The Morgan fingerprint density at radius 3 is 2.40 bits per heavy atom. The Balaban J connectivity index is 1.71. The van der Waals surface area contributed by atoms with E-state index in [0.717, 1.165) is 17.7 Å². The van der Waals surface area contributed by atoms with Crippen LogP contribution in [0.5, 0.6) is 0 Å². The molecule has 15 heavy (non-hydrogen) atoms. The first kappa shape index (κ1) is 8.95. The molecule has 1 heterocycles. The van der Waals surface area contributed by atoms with Crippen molar-refractivity contribution in [2.45, 2.75) is 31.7 Å². The lowest BCUT2D eigenvalue weighted by atomic mass is 10.1. The summed E-state index contributed by atoms with van der Waals surface area (Å²) in [7, 11) is 0. The zero-order valence-electron chi connectivity index (χ0n) is 8.69. The second kappa shape index (κ2) is 3.36. The average Bonchev–Trinajstić information content (AvgIpc) is 3.07. The van der Waals surface area contributed by atoms with E-state index >= 15 is 0 Å². The molecule has 4 nitrogen and oxygen atoms in total. The van der Waals surface area contributed by atoms with E-state index in [1.54, 1.807) is 0 Å². The molecule has 0 amide bonds. The molecule has 3 N–H and O–H groups in total. The average molecular weight is 204 g/mol. The van der Waals surface area contributed by atoms with Gasteiger partial charge in [-0.05, 0) is 37.5 Å². The van der Waals surface area contributed by atoms with Crippen LogP contribution in [0.25, 0.3) is 0 Å². The molecule has 3 rings (SSSR count). The molecule has 80 valence electrons. The van der Waals surface area contributed by atoms with Crippen LogP contribution < -0.4 is 11.1 Å². The predicted octanol–water partition coefficient (Wildman–Crippen LogP) is 1.66. The molecule has 4 heteroatoms. The maximum absolute atomic E-state index is 5.63. The Labute approximate surface area is 89.3 Å². The highest BCUT2D eigenvalue weighted by Gasteiger charge is 2.41. The Morgan fingerprint density at radius 2 is 1.87 bits per heavy atom. The van der Waals surface area contributed by atoms with E-state index in [4.69, 9.17) is 5.73 Å². The van der Waals surface area contributed by atoms with Crippen LogP contribution in [0.15, 0.2) is 12.4 Å². The van der Waals surface area contributed by atoms with E-state index in [-0.39, 0.29) is 0 Å². The number of nitrogens with two attached hydrogens (primary N) is 1. The molecule has 0 unspecified atom stereocenters. The summed E-state index contributed by atoms with van der Waals surface area (Å²) in [4.78, 5) is 8.09. The van der Waals surface area contributed by atoms with Gasteiger partial charge < -0.3 is 11.1 Å². The van der Waals surface area contributed by atoms with Crippen molar-refractivity contribution >= 4 is 11.6 Å². The summed E-state index contributed by atoms with van der Waals surface area (Å²) in [5.74, 6) is 3.16. The summed E-state index contributed by atoms with van der Waals surface area (Å²) in [6.45, 7) is 0. The number of nitrogens with one attached hydrogen (secondary N) is 1. The molecule has 2 saturated carbocycles. The Bertz CT molecular complexity index is 345. The van der Waals surface area contributed by atoms with Crippen LogP contribution in [0.3, 0.4) is 0 Å². The summed E-state index contributed by atoms with van der Waals surface area (Å²) in [6.07, 6.45) is 7.00. The van der Waals surface area contributed by atoms with Crippen molar-refractivity contribution < 1.29 is 0 Å². The molecule has 1 aromatic rings. The van der Waals surface area contributed by atoms with Crippen LogP contribution >= 0.6 is 0 Å². The van der Waals surface area contributed by atoms with Crippen LogP contribution in [-0.4, -0.2) is 16.0 Å². The van der Waals surface area contributed by atoms with E-state index in [9.17, 15) is 0 Å². The molecule has 0 atom stereocenters. The van der Waals surface area contributed by atoms with E-state index in [1.165, 1.54) is 32.0 Å². The standard InChI is InChI=1S/C11H16N4/c12-9-5-10(14-6-13-9)15-11(7-1-2-7)8-3-4-8/h5-8,11H,1-4H2,(H3,12,13,14,15). The third kappa shape index (κ3) is 2.03. The summed E-state index contributed by atoms with van der Waals surface area (Å²) in [5, 5.41) is 3.51. The predicted molar refractivity (Wildman–Crippen MR) is 59.3 cm³/mol. The minimum absolute atomic E-state index is 0.540. The number of rotatable bonds is 4. The first-order chi connectivity index (χ1) is 7.33. The molecule has 1 aromatic heterocycles. The van der Waals surface area contributed by atoms with Crippen molar-refractivity contribution in [3.05, 3.63) is 12.4 Å². The largest absolute Gasteiger partial charge is 0.384 e. The Kier molecular flexibility index (Phi) is 2.01. The van der Waals surface area contributed by atoms with Crippen molar-refractivity contribution in [3.8, 4) is 0 Å². The van der Waals surface area contributed by atoms with Crippen molar-refractivity contribution in [2.24, 2.45) is 11.8 Å². The fourth-order valence-corrected chi connectivity index (χ4v) is 2.15. The summed E-state index contributed by atoms with van der Waals surface area (Å²) < 4.78 is 0. The van der Waals surface area contributed by atoms with Crippen LogP contribution in [0.4, 0.5) is 11.6 Å². The molecular formula is C11H16N4. The van der Waals surface area contributed by atoms with Crippen molar-refractivity contribution in [1.82, 2.24) is 9.97 Å². The maximum atomic E-state index is 5.63. The monoisotopic (exact) mass is 204 g/mol. The summed E-state index contributed by atoms with van der Waals surface area (Å²) >= 11 is 0. The van der Waals surface area contributed by atoms with E-state index in [2.05, 4.69) is 15.3 Å². The number of nitrogens with zero attached hydrogens (tertiary/aromatic N) is 2. The Morgan fingerprint density at radius 1 is 1.20 bits per heavy atom. The zero-order valence-corrected chi connectivity index (χ0v) is 8.69. The molecule has 0 radical (unpaired) electrons. The third-order valence-electron chi connectivity index (χ3n) is 3.26. The van der Waals surface area contributed by atoms with Crippen LogP contribution in [0.1, 0.15) is 25.7 Å². The summed E-state index contributed by atoms with van der Waals surface area (Å²) in [6, 6.07) is 2.44. The molecular weight excluding hydrogens is 188 g/mol. The van der Waals surface area contributed by atoms with Gasteiger partial charge in [0.05, 0.1) is 0 Å². The fourth-order valence-electron chi connectivity index (χ4n) is 2.15. The topological polar surface area (TPSA) is 63.8 Å². The van der Waals surface area contributed by atoms with Crippen LogP contribution in [-0.2, 0) is 0 Å². The van der Waals surface area contributed by atoms with E-state index < -0.39 is 0 Å². The lowest BCUT2D eigenvalue weighted by Gasteiger charge is -2.18. The van der Waals surface area contributed by atoms with Gasteiger partial charge in [-0.1, -0.05) is 0 Å². The van der Waals surface area contributed by atoms with Gasteiger partial charge in [0.1, 0.15) is 18.0 Å². The first-order valence-corrected chi connectivity index (χ1v) is 5.67. The van der Waals surface area contributed by atoms with E-state index in [0.29, 0.717) is 11.9 Å². The number of aromatic nitrogens is 2. The second-order valence-corrected chi connectivity index (χ2v) is 4.67. The van der Waals surface area contributed by atoms with Gasteiger partial charge in [0, 0.05) is 12.1 Å². The lowest BCUT2D eigenvalue weighted by molar-refractivity contribution is 0.565. The minimum atomic E-state index is 0.540. The molecule has 0 bridgehead atoms. The second-order valence-electron chi connectivity index (χ2n) is 4.67. The molecule has 0 saturated heterocycles. The fraction of sp³-hybridized carbons (Fsp3) is 0.636. The quantitative estimate of drug-likeness (QED) is 0.783. The Hall–Kier alpha value is -1.32.